The van der Waals surface area contributed by atoms with Gasteiger partial charge in [-0.05, 0) is 36.8 Å². The Bertz CT molecular complexity index is 833. The van der Waals surface area contributed by atoms with Crippen LogP contribution in [0.5, 0.6) is 0 Å². The first-order valence-corrected chi connectivity index (χ1v) is 8.83. The first-order valence-electron chi connectivity index (χ1n) is 8.83. The Kier molecular flexibility index (Phi) is 5.54. The molecule has 6 heteroatoms. The van der Waals surface area contributed by atoms with Crippen molar-refractivity contribution < 1.29 is 19.1 Å². The van der Waals surface area contributed by atoms with Gasteiger partial charge in [0.1, 0.15) is 0 Å². The van der Waals surface area contributed by atoms with Crippen LogP contribution in [0, 0.1) is 5.92 Å². The number of amides is 2. The van der Waals surface area contributed by atoms with Gasteiger partial charge in [-0.15, -0.1) is 0 Å². The van der Waals surface area contributed by atoms with E-state index in [-0.39, 0.29) is 24.3 Å². The van der Waals surface area contributed by atoms with Gasteiger partial charge in [-0.3, -0.25) is 9.59 Å². The van der Waals surface area contributed by atoms with Crippen molar-refractivity contribution in [3.05, 3.63) is 65.7 Å². The minimum atomic E-state index is -0.431. The number of rotatable bonds is 5. The highest BCUT2D eigenvalue weighted by atomic mass is 16.5. The highest BCUT2D eigenvalue weighted by Crippen LogP contribution is 2.29. The van der Waals surface area contributed by atoms with Crippen molar-refractivity contribution in [1.82, 2.24) is 4.90 Å². The maximum atomic E-state index is 12.6. The standard InChI is InChI=1S/C21H22N2O4/c1-14(15-6-4-3-5-7-15)23-13-17(12-19(23)24)20(25)22-18-10-8-16(9-11-18)21(26)27-2/h3-11,14,17H,12-13H2,1-2H3,(H,22,25)/t14-,17+/m1/s1. The Morgan fingerprint density at radius 2 is 1.78 bits per heavy atom. The minimum absolute atomic E-state index is 0.0208. The number of benzene rings is 2. The maximum Gasteiger partial charge on any atom is 0.337 e. The van der Waals surface area contributed by atoms with E-state index in [1.54, 1.807) is 29.2 Å². The molecule has 0 radical (unpaired) electrons. The normalized spacial score (nSPS) is 17.5. The number of esters is 1. The predicted octanol–water partition coefficient (Wildman–Crippen LogP) is 3.02. The zero-order valence-corrected chi connectivity index (χ0v) is 15.3. The highest BCUT2D eigenvalue weighted by Gasteiger charge is 2.37. The third-order valence-electron chi connectivity index (χ3n) is 4.85. The Hall–Kier alpha value is -3.15. The molecule has 1 N–H and O–H groups in total. The van der Waals surface area contributed by atoms with Gasteiger partial charge in [-0.2, -0.15) is 0 Å². The number of carbonyl (C=O) groups is 3. The molecule has 2 aromatic rings. The van der Waals surface area contributed by atoms with Crippen molar-refractivity contribution in [3.63, 3.8) is 0 Å². The van der Waals surface area contributed by atoms with Crippen LogP contribution in [0.25, 0.3) is 0 Å². The molecule has 1 saturated heterocycles. The van der Waals surface area contributed by atoms with Crippen LogP contribution in [0.1, 0.15) is 35.3 Å². The van der Waals surface area contributed by atoms with Gasteiger partial charge < -0.3 is 15.0 Å². The van der Waals surface area contributed by atoms with E-state index in [1.165, 1.54) is 7.11 Å². The van der Waals surface area contributed by atoms with Gasteiger partial charge in [0.15, 0.2) is 0 Å². The second kappa shape index (κ2) is 8.03. The fraction of sp³-hybridized carbons (Fsp3) is 0.286. The largest absolute Gasteiger partial charge is 0.465 e. The average Bonchev–Trinajstić information content (AvgIpc) is 3.10. The third kappa shape index (κ3) is 4.16. The summed E-state index contributed by atoms with van der Waals surface area (Å²) in [6.45, 7) is 2.36. The van der Waals surface area contributed by atoms with E-state index < -0.39 is 11.9 Å². The predicted molar refractivity (Wildman–Crippen MR) is 101 cm³/mol. The van der Waals surface area contributed by atoms with Crippen molar-refractivity contribution >= 4 is 23.5 Å². The molecule has 1 heterocycles. The molecule has 140 valence electrons. The monoisotopic (exact) mass is 366 g/mol. The topological polar surface area (TPSA) is 75.7 Å². The zero-order valence-electron chi connectivity index (χ0n) is 15.3. The van der Waals surface area contributed by atoms with Crippen molar-refractivity contribution in [2.75, 3.05) is 19.0 Å². The fourth-order valence-electron chi connectivity index (χ4n) is 3.24. The van der Waals surface area contributed by atoms with Crippen LogP contribution in [0.3, 0.4) is 0 Å². The van der Waals surface area contributed by atoms with Crippen LogP contribution in [0.2, 0.25) is 0 Å². The Labute approximate surface area is 158 Å². The van der Waals surface area contributed by atoms with Crippen LogP contribution < -0.4 is 5.32 Å². The summed E-state index contributed by atoms with van der Waals surface area (Å²) in [6.07, 6.45) is 0.198. The van der Waals surface area contributed by atoms with E-state index in [0.717, 1.165) is 5.56 Å². The van der Waals surface area contributed by atoms with Gasteiger partial charge in [0, 0.05) is 18.7 Å². The number of hydrogen-bond acceptors (Lipinski definition) is 4. The molecule has 2 amide bonds. The first kappa shape index (κ1) is 18.6. The molecule has 6 nitrogen and oxygen atoms in total. The molecule has 1 aliphatic rings. The summed E-state index contributed by atoms with van der Waals surface area (Å²) >= 11 is 0. The van der Waals surface area contributed by atoms with Crippen LogP contribution in [-0.4, -0.2) is 36.3 Å². The van der Waals surface area contributed by atoms with E-state index in [4.69, 9.17) is 0 Å². The highest BCUT2D eigenvalue weighted by molar-refractivity contribution is 5.97. The van der Waals surface area contributed by atoms with Crippen LogP contribution in [0.15, 0.2) is 54.6 Å². The number of anilines is 1. The summed E-state index contributed by atoms with van der Waals surface area (Å²) in [5, 5.41) is 2.82. The number of carbonyl (C=O) groups excluding carboxylic acids is 3. The average molecular weight is 366 g/mol. The molecule has 27 heavy (non-hydrogen) atoms. The second-order valence-corrected chi connectivity index (χ2v) is 6.59. The van der Waals surface area contributed by atoms with Gasteiger partial charge >= 0.3 is 5.97 Å². The lowest BCUT2D eigenvalue weighted by molar-refractivity contribution is -0.129. The maximum absolute atomic E-state index is 12.6. The Morgan fingerprint density at radius 3 is 2.41 bits per heavy atom. The summed E-state index contributed by atoms with van der Waals surface area (Å²) in [6, 6.07) is 16.2. The van der Waals surface area contributed by atoms with Crippen LogP contribution in [0.4, 0.5) is 5.69 Å². The molecule has 0 aliphatic carbocycles. The number of nitrogens with zero attached hydrogens (tertiary/aromatic N) is 1. The minimum Gasteiger partial charge on any atom is -0.465 e. The molecule has 2 aromatic carbocycles. The lowest BCUT2D eigenvalue weighted by atomic mass is 10.1. The van der Waals surface area contributed by atoms with Gasteiger partial charge in [-0.1, -0.05) is 30.3 Å². The van der Waals surface area contributed by atoms with Gasteiger partial charge in [0.2, 0.25) is 11.8 Å². The third-order valence-corrected chi connectivity index (χ3v) is 4.85. The second-order valence-electron chi connectivity index (χ2n) is 6.59. The molecule has 2 atom stereocenters. The summed E-state index contributed by atoms with van der Waals surface area (Å²) in [5.74, 6) is -1.05. The van der Waals surface area contributed by atoms with Crippen LogP contribution >= 0.6 is 0 Å². The number of ether oxygens (including phenoxy) is 1. The van der Waals surface area contributed by atoms with Crippen molar-refractivity contribution in [3.8, 4) is 0 Å². The number of nitrogens with one attached hydrogen (secondary N) is 1. The molecule has 1 aliphatic heterocycles. The fourth-order valence-corrected chi connectivity index (χ4v) is 3.24. The van der Waals surface area contributed by atoms with Crippen molar-refractivity contribution in [2.24, 2.45) is 5.92 Å². The lowest BCUT2D eigenvalue weighted by Gasteiger charge is -2.25. The van der Waals surface area contributed by atoms with Gasteiger partial charge in [-0.25, -0.2) is 4.79 Å². The summed E-state index contributed by atoms with van der Waals surface area (Å²) in [4.78, 5) is 38.2. The van der Waals surface area contributed by atoms with Gasteiger partial charge in [0.05, 0.1) is 24.6 Å². The number of methoxy groups -OCH3 is 1. The molecule has 0 aromatic heterocycles. The Morgan fingerprint density at radius 1 is 1.11 bits per heavy atom. The molecular formula is C21H22N2O4. The molecule has 0 spiro atoms. The van der Waals surface area contributed by atoms with Crippen molar-refractivity contribution in [1.29, 1.82) is 0 Å². The lowest BCUT2D eigenvalue weighted by Crippen LogP contribution is -2.30. The smallest absolute Gasteiger partial charge is 0.337 e. The molecular weight excluding hydrogens is 344 g/mol. The SMILES string of the molecule is COC(=O)c1ccc(NC(=O)[C@H]2CC(=O)N([C@H](C)c3ccccc3)C2)cc1. The van der Waals surface area contributed by atoms with E-state index in [1.807, 2.05) is 37.3 Å². The summed E-state index contributed by atoms with van der Waals surface area (Å²) in [7, 11) is 1.32. The molecule has 0 saturated carbocycles. The molecule has 3 rings (SSSR count). The quantitative estimate of drug-likeness (QED) is 0.826. The number of hydrogen-bond donors (Lipinski definition) is 1. The summed E-state index contributed by atoms with van der Waals surface area (Å²) in [5.41, 5.74) is 2.04. The zero-order chi connectivity index (χ0) is 19.4. The molecule has 1 fully saturated rings. The van der Waals surface area contributed by atoms with E-state index in [9.17, 15) is 14.4 Å². The Balaban J connectivity index is 1.63. The van der Waals surface area contributed by atoms with Crippen LogP contribution in [-0.2, 0) is 14.3 Å². The van der Waals surface area contributed by atoms with E-state index in [0.29, 0.717) is 17.8 Å². The summed E-state index contributed by atoms with van der Waals surface area (Å²) < 4.78 is 4.65. The number of likely N-dealkylation sites (tertiary alicyclic amines) is 1. The van der Waals surface area contributed by atoms with E-state index in [2.05, 4.69) is 10.1 Å². The first-order chi connectivity index (χ1) is 13.0. The molecule has 0 unspecified atom stereocenters. The molecule has 0 bridgehead atoms. The van der Waals surface area contributed by atoms with Gasteiger partial charge in [0.25, 0.3) is 0 Å². The van der Waals surface area contributed by atoms with E-state index >= 15 is 0 Å². The van der Waals surface area contributed by atoms with Crippen molar-refractivity contribution in [2.45, 2.75) is 19.4 Å².